The standard InChI is InChI=1S/C15H21BrFNO2/c16-14-8-11(17)6-7-15(14)18-9-12(19)10-20-13-4-2-1-3-5-13/h6-8,12-13,18-19H,1-5,9-10H2. The molecule has 1 saturated carbocycles. The van der Waals surface area contributed by atoms with Crippen LogP contribution in [0.5, 0.6) is 0 Å². The van der Waals surface area contributed by atoms with Crippen molar-refractivity contribution < 1.29 is 14.2 Å². The summed E-state index contributed by atoms with van der Waals surface area (Å²) in [4.78, 5) is 0. The topological polar surface area (TPSA) is 41.5 Å². The third kappa shape index (κ3) is 5.04. The second-order valence-electron chi connectivity index (χ2n) is 5.25. The SMILES string of the molecule is OC(CNc1ccc(F)cc1Br)COC1CCCCC1. The van der Waals surface area contributed by atoms with E-state index in [1.54, 1.807) is 6.07 Å². The van der Waals surface area contributed by atoms with Gasteiger partial charge in [0.05, 0.1) is 18.8 Å². The quantitative estimate of drug-likeness (QED) is 0.825. The maximum atomic E-state index is 12.9. The fraction of sp³-hybridized carbons (Fsp3) is 0.600. The van der Waals surface area contributed by atoms with Crippen LogP contribution in [0.1, 0.15) is 32.1 Å². The van der Waals surface area contributed by atoms with Gasteiger partial charge in [-0.3, -0.25) is 0 Å². The normalized spacial score (nSPS) is 17.9. The molecule has 1 atom stereocenters. The van der Waals surface area contributed by atoms with Gasteiger partial charge in [0.2, 0.25) is 0 Å². The summed E-state index contributed by atoms with van der Waals surface area (Å²) < 4.78 is 19.3. The smallest absolute Gasteiger partial charge is 0.124 e. The van der Waals surface area contributed by atoms with Gasteiger partial charge in [0.15, 0.2) is 0 Å². The van der Waals surface area contributed by atoms with Crippen LogP contribution in [0.25, 0.3) is 0 Å². The number of rotatable bonds is 6. The van der Waals surface area contributed by atoms with Crippen LogP contribution in [-0.4, -0.2) is 30.5 Å². The molecule has 0 aromatic heterocycles. The number of ether oxygens (including phenoxy) is 1. The van der Waals surface area contributed by atoms with Gasteiger partial charge >= 0.3 is 0 Å². The first kappa shape index (κ1) is 15.7. The first-order valence-corrected chi connectivity index (χ1v) is 7.93. The summed E-state index contributed by atoms with van der Waals surface area (Å²) in [5, 5.41) is 13.0. The van der Waals surface area contributed by atoms with E-state index in [1.165, 1.54) is 31.4 Å². The third-order valence-electron chi connectivity index (χ3n) is 3.54. The summed E-state index contributed by atoms with van der Waals surface area (Å²) in [5.74, 6) is -0.288. The van der Waals surface area contributed by atoms with Crippen LogP contribution in [-0.2, 0) is 4.74 Å². The van der Waals surface area contributed by atoms with Gasteiger partial charge in [-0.1, -0.05) is 19.3 Å². The van der Waals surface area contributed by atoms with E-state index in [0.717, 1.165) is 18.5 Å². The van der Waals surface area contributed by atoms with E-state index in [0.29, 0.717) is 23.7 Å². The monoisotopic (exact) mass is 345 g/mol. The minimum Gasteiger partial charge on any atom is -0.389 e. The fourth-order valence-corrected chi connectivity index (χ4v) is 2.89. The minimum atomic E-state index is -0.561. The molecule has 0 aliphatic heterocycles. The molecule has 0 radical (unpaired) electrons. The van der Waals surface area contributed by atoms with Crippen LogP contribution in [0, 0.1) is 5.82 Å². The van der Waals surface area contributed by atoms with Crippen molar-refractivity contribution in [1.29, 1.82) is 0 Å². The predicted octanol–water partition coefficient (Wildman–Crippen LogP) is 3.71. The lowest BCUT2D eigenvalue weighted by Gasteiger charge is -2.23. The Kier molecular flexibility index (Phi) is 6.26. The molecule has 2 N–H and O–H groups in total. The van der Waals surface area contributed by atoms with Crippen LogP contribution in [0.3, 0.4) is 0 Å². The van der Waals surface area contributed by atoms with Gasteiger partial charge < -0.3 is 15.2 Å². The molecule has 1 fully saturated rings. The molecule has 1 unspecified atom stereocenters. The van der Waals surface area contributed by atoms with Gasteiger partial charge in [-0.2, -0.15) is 0 Å². The van der Waals surface area contributed by atoms with E-state index in [9.17, 15) is 9.50 Å². The highest BCUT2D eigenvalue weighted by Crippen LogP contribution is 2.23. The van der Waals surface area contributed by atoms with Crippen molar-refractivity contribution in [2.24, 2.45) is 0 Å². The van der Waals surface area contributed by atoms with Crippen LogP contribution < -0.4 is 5.32 Å². The maximum absolute atomic E-state index is 12.9. The number of benzene rings is 1. The lowest BCUT2D eigenvalue weighted by molar-refractivity contribution is -0.0195. The minimum absolute atomic E-state index is 0.288. The van der Waals surface area contributed by atoms with Crippen molar-refractivity contribution in [3.8, 4) is 0 Å². The third-order valence-corrected chi connectivity index (χ3v) is 4.19. The average molecular weight is 346 g/mol. The molecule has 3 nitrogen and oxygen atoms in total. The molecule has 5 heteroatoms. The molecular formula is C15H21BrFNO2. The summed E-state index contributed by atoms with van der Waals surface area (Å²) >= 11 is 3.28. The summed E-state index contributed by atoms with van der Waals surface area (Å²) in [6.07, 6.45) is 5.68. The fourth-order valence-electron chi connectivity index (χ4n) is 2.40. The highest BCUT2D eigenvalue weighted by Gasteiger charge is 2.15. The number of aliphatic hydroxyl groups is 1. The summed E-state index contributed by atoms with van der Waals surface area (Å²) in [6.45, 7) is 0.730. The van der Waals surface area contributed by atoms with Crippen LogP contribution >= 0.6 is 15.9 Å². The Morgan fingerprint density at radius 1 is 1.35 bits per heavy atom. The molecule has 0 amide bonds. The maximum Gasteiger partial charge on any atom is 0.124 e. The zero-order chi connectivity index (χ0) is 14.4. The van der Waals surface area contributed by atoms with Gasteiger partial charge in [-0.15, -0.1) is 0 Å². The Morgan fingerprint density at radius 3 is 2.80 bits per heavy atom. The Balaban J connectivity index is 1.70. The molecule has 0 saturated heterocycles. The molecule has 0 heterocycles. The Morgan fingerprint density at radius 2 is 2.10 bits per heavy atom. The highest BCUT2D eigenvalue weighted by molar-refractivity contribution is 9.10. The van der Waals surface area contributed by atoms with Gasteiger partial charge in [-0.05, 0) is 47.0 Å². The Labute approximate surface area is 127 Å². The lowest BCUT2D eigenvalue weighted by atomic mass is 9.98. The largest absolute Gasteiger partial charge is 0.389 e. The summed E-state index contributed by atoms with van der Waals surface area (Å²) in [7, 11) is 0. The number of hydrogen-bond acceptors (Lipinski definition) is 3. The van der Waals surface area contributed by atoms with E-state index in [2.05, 4.69) is 21.2 Å². The molecule has 0 spiro atoms. The average Bonchev–Trinajstić information content (AvgIpc) is 2.45. The number of nitrogens with one attached hydrogen (secondary N) is 1. The second-order valence-corrected chi connectivity index (χ2v) is 6.11. The Hall–Kier alpha value is -0.650. The van der Waals surface area contributed by atoms with E-state index < -0.39 is 6.10 Å². The van der Waals surface area contributed by atoms with E-state index in [1.807, 2.05) is 0 Å². The lowest BCUT2D eigenvalue weighted by Crippen LogP contribution is -2.28. The first-order chi connectivity index (χ1) is 9.65. The van der Waals surface area contributed by atoms with Crippen molar-refractivity contribution in [2.45, 2.75) is 44.3 Å². The zero-order valence-corrected chi connectivity index (χ0v) is 13.0. The van der Waals surface area contributed by atoms with Crippen molar-refractivity contribution in [1.82, 2.24) is 0 Å². The van der Waals surface area contributed by atoms with Crippen LogP contribution in [0.15, 0.2) is 22.7 Å². The zero-order valence-electron chi connectivity index (χ0n) is 11.4. The molecule has 1 aromatic carbocycles. The molecule has 112 valence electrons. The van der Waals surface area contributed by atoms with Gasteiger partial charge in [-0.25, -0.2) is 4.39 Å². The van der Waals surface area contributed by atoms with E-state index >= 15 is 0 Å². The van der Waals surface area contributed by atoms with Crippen molar-refractivity contribution >= 4 is 21.6 Å². The molecule has 1 aromatic rings. The number of aliphatic hydroxyl groups excluding tert-OH is 1. The van der Waals surface area contributed by atoms with Gasteiger partial charge in [0, 0.05) is 16.7 Å². The molecule has 0 bridgehead atoms. The van der Waals surface area contributed by atoms with Crippen LogP contribution in [0.4, 0.5) is 10.1 Å². The molecule has 1 aliphatic rings. The molecule has 2 rings (SSSR count). The molecule has 20 heavy (non-hydrogen) atoms. The van der Waals surface area contributed by atoms with Gasteiger partial charge in [0.25, 0.3) is 0 Å². The summed E-state index contributed by atoms with van der Waals surface area (Å²) in [6, 6.07) is 4.43. The molecular weight excluding hydrogens is 325 g/mol. The number of halogens is 2. The van der Waals surface area contributed by atoms with Crippen LogP contribution in [0.2, 0.25) is 0 Å². The Bertz CT molecular complexity index is 424. The first-order valence-electron chi connectivity index (χ1n) is 7.14. The van der Waals surface area contributed by atoms with Crippen molar-refractivity contribution in [2.75, 3.05) is 18.5 Å². The van der Waals surface area contributed by atoms with Crippen molar-refractivity contribution in [3.63, 3.8) is 0 Å². The highest BCUT2D eigenvalue weighted by atomic mass is 79.9. The van der Waals surface area contributed by atoms with Gasteiger partial charge in [0.1, 0.15) is 5.82 Å². The number of hydrogen-bond donors (Lipinski definition) is 2. The second kappa shape index (κ2) is 7.96. The summed E-state index contributed by atoms with van der Waals surface area (Å²) in [5.41, 5.74) is 0.767. The van der Waals surface area contributed by atoms with Crippen molar-refractivity contribution in [3.05, 3.63) is 28.5 Å². The molecule has 1 aliphatic carbocycles. The van der Waals surface area contributed by atoms with E-state index in [4.69, 9.17) is 4.74 Å². The van der Waals surface area contributed by atoms with E-state index in [-0.39, 0.29) is 5.82 Å². The predicted molar refractivity (Wildman–Crippen MR) is 81.4 cm³/mol. The number of anilines is 1.